The maximum Gasteiger partial charge on any atom is 0.259 e. The van der Waals surface area contributed by atoms with Crippen LogP contribution in [0.3, 0.4) is 0 Å². The number of para-hydroxylation sites is 1. The molecule has 4 rings (SSSR count). The maximum atomic E-state index is 13.2. The van der Waals surface area contributed by atoms with Gasteiger partial charge >= 0.3 is 0 Å². The van der Waals surface area contributed by atoms with E-state index in [1.807, 2.05) is 42.2 Å². The summed E-state index contributed by atoms with van der Waals surface area (Å²) in [6.45, 7) is 3.01. The first kappa shape index (κ1) is 18.5. The van der Waals surface area contributed by atoms with Gasteiger partial charge < -0.3 is 15.0 Å². The van der Waals surface area contributed by atoms with Crippen molar-refractivity contribution in [3.05, 3.63) is 59.2 Å². The zero-order valence-electron chi connectivity index (χ0n) is 16.2. The first-order chi connectivity index (χ1) is 13.7. The van der Waals surface area contributed by atoms with Crippen molar-refractivity contribution in [3.63, 3.8) is 0 Å². The number of fused-ring (bicyclic) bond motifs is 1. The van der Waals surface area contributed by atoms with Gasteiger partial charge in [0.2, 0.25) is 0 Å². The minimum atomic E-state index is -0.263. The number of rotatable bonds is 5. The zero-order valence-corrected chi connectivity index (χ0v) is 16.2. The molecule has 2 aliphatic rings. The van der Waals surface area contributed by atoms with E-state index in [1.165, 1.54) is 19.3 Å². The molecule has 1 saturated carbocycles. The molecule has 0 saturated heterocycles. The number of benzene rings is 2. The van der Waals surface area contributed by atoms with Crippen LogP contribution >= 0.6 is 0 Å². The molecular weight excluding hydrogens is 352 g/mol. The monoisotopic (exact) mass is 378 g/mol. The molecule has 0 spiro atoms. The van der Waals surface area contributed by atoms with Gasteiger partial charge in [-0.3, -0.25) is 9.59 Å². The van der Waals surface area contributed by atoms with E-state index >= 15 is 0 Å². The molecule has 5 heteroatoms. The number of hydrogen-bond acceptors (Lipinski definition) is 3. The van der Waals surface area contributed by atoms with Crippen LogP contribution in [0.15, 0.2) is 42.5 Å². The summed E-state index contributed by atoms with van der Waals surface area (Å²) in [6, 6.07) is 13.2. The van der Waals surface area contributed by atoms with Gasteiger partial charge in [0.15, 0.2) is 0 Å². The summed E-state index contributed by atoms with van der Waals surface area (Å²) in [5, 5.41) is 2.94. The van der Waals surface area contributed by atoms with Gasteiger partial charge in [0.05, 0.1) is 23.4 Å². The second-order valence-corrected chi connectivity index (χ2v) is 7.45. The topological polar surface area (TPSA) is 58.6 Å². The molecule has 0 aromatic heterocycles. The number of nitrogens with one attached hydrogen (secondary N) is 1. The van der Waals surface area contributed by atoms with Crippen molar-refractivity contribution in [1.29, 1.82) is 0 Å². The fraction of sp³-hybridized carbons (Fsp3) is 0.391. The van der Waals surface area contributed by atoms with Crippen LogP contribution in [-0.2, 0) is 6.54 Å². The molecule has 2 aromatic carbocycles. The molecule has 0 unspecified atom stereocenters. The average Bonchev–Trinajstić information content (AvgIpc) is 3.07. The van der Waals surface area contributed by atoms with Crippen molar-refractivity contribution in [2.75, 3.05) is 11.9 Å². The molecule has 1 aliphatic heterocycles. The van der Waals surface area contributed by atoms with E-state index in [-0.39, 0.29) is 11.8 Å². The summed E-state index contributed by atoms with van der Waals surface area (Å²) in [4.78, 5) is 28.0. The van der Waals surface area contributed by atoms with Gasteiger partial charge in [-0.1, -0.05) is 43.5 Å². The van der Waals surface area contributed by atoms with Crippen molar-refractivity contribution in [2.24, 2.45) is 0 Å². The van der Waals surface area contributed by atoms with Gasteiger partial charge in [-0.05, 0) is 43.5 Å². The molecule has 28 heavy (non-hydrogen) atoms. The van der Waals surface area contributed by atoms with Crippen LogP contribution in [0.1, 0.15) is 65.3 Å². The van der Waals surface area contributed by atoms with Crippen molar-refractivity contribution in [1.82, 2.24) is 4.90 Å². The molecule has 0 radical (unpaired) electrons. The third-order valence-corrected chi connectivity index (χ3v) is 5.66. The van der Waals surface area contributed by atoms with Crippen LogP contribution in [-0.4, -0.2) is 29.4 Å². The van der Waals surface area contributed by atoms with E-state index in [2.05, 4.69) is 5.32 Å². The highest BCUT2D eigenvalue weighted by Crippen LogP contribution is 2.34. The van der Waals surface area contributed by atoms with E-state index in [0.29, 0.717) is 41.8 Å². The molecule has 0 atom stereocenters. The SMILES string of the molecule is CCOc1ccccc1C(=O)Nc1cccc2c1C(=O)N(C1CCCCC1)C2. The number of carbonyl (C=O) groups excluding carboxylic acids is 2. The Bertz CT molecular complexity index is 887. The Morgan fingerprint density at radius 2 is 1.89 bits per heavy atom. The number of carbonyl (C=O) groups is 2. The number of hydrogen-bond donors (Lipinski definition) is 1. The van der Waals surface area contributed by atoms with Crippen LogP contribution in [0.25, 0.3) is 0 Å². The van der Waals surface area contributed by atoms with Crippen molar-refractivity contribution in [3.8, 4) is 5.75 Å². The molecule has 2 amide bonds. The number of amides is 2. The predicted octanol–water partition coefficient (Wildman–Crippen LogP) is 4.63. The van der Waals surface area contributed by atoms with Crippen LogP contribution in [0.5, 0.6) is 5.75 Å². The average molecular weight is 378 g/mol. The molecule has 1 fully saturated rings. The Kier molecular flexibility index (Phi) is 5.33. The normalized spacial score (nSPS) is 16.8. The molecular formula is C23H26N2O3. The van der Waals surface area contributed by atoms with Gasteiger partial charge in [-0.2, -0.15) is 0 Å². The molecule has 146 valence electrons. The highest BCUT2D eigenvalue weighted by atomic mass is 16.5. The maximum absolute atomic E-state index is 13.2. The quantitative estimate of drug-likeness (QED) is 0.825. The highest BCUT2D eigenvalue weighted by Gasteiger charge is 2.35. The fourth-order valence-corrected chi connectivity index (χ4v) is 4.30. The van der Waals surface area contributed by atoms with E-state index in [0.717, 1.165) is 18.4 Å². The summed E-state index contributed by atoms with van der Waals surface area (Å²) in [6.07, 6.45) is 5.77. The Morgan fingerprint density at radius 3 is 2.68 bits per heavy atom. The lowest BCUT2D eigenvalue weighted by Gasteiger charge is -2.30. The molecule has 5 nitrogen and oxygen atoms in total. The van der Waals surface area contributed by atoms with Gasteiger partial charge in [-0.25, -0.2) is 0 Å². The Balaban J connectivity index is 1.58. The van der Waals surface area contributed by atoms with Crippen LogP contribution in [0, 0.1) is 0 Å². The van der Waals surface area contributed by atoms with E-state index in [1.54, 1.807) is 12.1 Å². The van der Waals surface area contributed by atoms with Crippen LogP contribution < -0.4 is 10.1 Å². The second kappa shape index (κ2) is 8.05. The largest absolute Gasteiger partial charge is 0.493 e. The lowest BCUT2D eigenvalue weighted by molar-refractivity contribution is 0.0661. The molecule has 1 N–H and O–H groups in total. The Hall–Kier alpha value is -2.82. The third-order valence-electron chi connectivity index (χ3n) is 5.66. The first-order valence-corrected chi connectivity index (χ1v) is 10.1. The second-order valence-electron chi connectivity index (χ2n) is 7.45. The van der Waals surface area contributed by atoms with Crippen molar-refractivity contribution in [2.45, 2.75) is 51.6 Å². The summed E-state index contributed by atoms with van der Waals surface area (Å²) in [7, 11) is 0. The van der Waals surface area contributed by atoms with Crippen molar-refractivity contribution >= 4 is 17.5 Å². The smallest absolute Gasteiger partial charge is 0.259 e. The van der Waals surface area contributed by atoms with Crippen molar-refractivity contribution < 1.29 is 14.3 Å². The van der Waals surface area contributed by atoms with E-state index in [4.69, 9.17) is 4.74 Å². The van der Waals surface area contributed by atoms with E-state index in [9.17, 15) is 9.59 Å². The van der Waals surface area contributed by atoms with Gasteiger partial charge in [0.1, 0.15) is 5.75 Å². The summed E-state index contributed by atoms with van der Waals surface area (Å²) in [5.41, 5.74) is 2.68. The standard InChI is InChI=1S/C23H26N2O3/c1-2-28-20-14-7-6-12-18(20)22(26)24-19-13-8-9-16-15-25(23(27)21(16)19)17-10-4-3-5-11-17/h6-9,12-14,17H,2-5,10-11,15H2,1H3,(H,24,26). The summed E-state index contributed by atoms with van der Waals surface area (Å²) in [5.74, 6) is 0.322. The van der Waals surface area contributed by atoms with Crippen LogP contribution in [0.4, 0.5) is 5.69 Å². The predicted molar refractivity (Wildman–Crippen MR) is 109 cm³/mol. The summed E-state index contributed by atoms with van der Waals surface area (Å²) >= 11 is 0. The number of ether oxygens (including phenoxy) is 1. The van der Waals surface area contributed by atoms with Crippen LogP contribution in [0.2, 0.25) is 0 Å². The minimum Gasteiger partial charge on any atom is -0.493 e. The summed E-state index contributed by atoms with van der Waals surface area (Å²) < 4.78 is 5.57. The zero-order chi connectivity index (χ0) is 19.5. The molecule has 1 aliphatic carbocycles. The van der Waals surface area contributed by atoms with Gasteiger partial charge in [0, 0.05) is 12.6 Å². The molecule has 1 heterocycles. The first-order valence-electron chi connectivity index (χ1n) is 10.1. The van der Waals surface area contributed by atoms with E-state index < -0.39 is 0 Å². The molecule has 2 aromatic rings. The third kappa shape index (κ3) is 3.49. The van der Waals surface area contributed by atoms with Gasteiger partial charge in [0.25, 0.3) is 11.8 Å². The number of nitrogens with zero attached hydrogens (tertiary/aromatic N) is 1. The highest BCUT2D eigenvalue weighted by molar-refractivity contribution is 6.11. The fourth-order valence-electron chi connectivity index (χ4n) is 4.30. The Labute approximate surface area is 165 Å². The minimum absolute atomic E-state index is 0.0379. The molecule has 0 bridgehead atoms. The lowest BCUT2D eigenvalue weighted by Crippen LogP contribution is -2.37. The van der Waals surface area contributed by atoms with Gasteiger partial charge in [-0.15, -0.1) is 0 Å². The number of anilines is 1. The lowest BCUT2D eigenvalue weighted by atomic mass is 9.94. The Morgan fingerprint density at radius 1 is 1.11 bits per heavy atom.